The maximum atomic E-state index is 5.92. The molecule has 0 saturated carbocycles. The summed E-state index contributed by atoms with van der Waals surface area (Å²) in [6.45, 7) is 4.18. The van der Waals surface area contributed by atoms with Crippen molar-refractivity contribution in [3.8, 4) is 0 Å². The molecular weight excluding hydrogens is 284 g/mol. The standard InChI is InChI=1S/C16H25ClN4/c1-18-16(19-10-14-8-9-20(2)11-14)21(3)12-13-4-6-15(17)7-5-13/h4-7,14H,8-12H2,1-3H3,(H,18,19). The molecule has 0 aliphatic carbocycles. The third-order valence-corrected chi connectivity index (χ3v) is 4.20. The third-order valence-electron chi connectivity index (χ3n) is 3.94. The Morgan fingerprint density at radius 1 is 1.43 bits per heavy atom. The Balaban J connectivity index is 1.84. The summed E-state index contributed by atoms with van der Waals surface area (Å²) < 4.78 is 0. The van der Waals surface area contributed by atoms with Crippen molar-refractivity contribution >= 4 is 17.6 Å². The summed E-state index contributed by atoms with van der Waals surface area (Å²) in [5.74, 6) is 1.66. The molecule has 1 unspecified atom stereocenters. The van der Waals surface area contributed by atoms with Gasteiger partial charge in [-0.1, -0.05) is 23.7 Å². The number of aliphatic imine (C=N–C) groups is 1. The van der Waals surface area contributed by atoms with Gasteiger partial charge in [0.15, 0.2) is 5.96 Å². The van der Waals surface area contributed by atoms with E-state index in [2.05, 4.69) is 46.3 Å². The van der Waals surface area contributed by atoms with Crippen molar-refractivity contribution in [3.63, 3.8) is 0 Å². The molecule has 0 bridgehead atoms. The molecule has 1 aromatic carbocycles. The molecule has 1 fully saturated rings. The monoisotopic (exact) mass is 308 g/mol. The molecule has 21 heavy (non-hydrogen) atoms. The fourth-order valence-electron chi connectivity index (χ4n) is 2.75. The van der Waals surface area contributed by atoms with Crippen LogP contribution >= 0.6 is 11.6 Å². The van der Waals surface area contributed by atoms with Crippen molar-refractivity contribution in [2.75, 3.05) is 40.8 Å². The van der Waals surface area contributed by atoms with E-state index in [4.69, 9.17) is 11.6 Å². The number of nitrogens with one attached hydrogen (secondary N) is 1. The van der Waals surface area contributed by atoms with Crippen molar-refractivity contribution in [2.45, 2.75) is 13.0 Å². The van der Waals surface area contributed by atoms with Gasteiger partial charge in [-0.25, -0.2) is 0 Å². The molecule has 1 aromatic rings. The predicted molar refractivity (Wildman–Crippen MR) is 89.9 cm³/mol. The van der Waals surface area contributed by atoms with Gasteiger partial charge in [0.25, 0.3) is 0 Å². The topological polar surface area (TPSA) is 30.9 Å². The fourth-order valence-corrected chi connectivity index (χ4v) is 2.88. The Hall–Kier alpha value is -1.26. The minimum Gasteiger partial charge on any atom is -0.356 e. The van der Waals surface area contributed by atoms with E-state index in [1.807, 2.05) is 19.2 Å². The van der Waals surface area contributed by atoms with Crippen LogP contribution in [-0.2, 0) is 6.54 Å². The molecule has 4 nitrogen and oxygen atoms in total. The van der Waals surface area contributed by atoms with E-state index in [9.17, 15) is 0 Å². The van der Waals surface area contributed by atoms with Gasteiger partial charge < -0.3 is 15.1 Å². The zero-order chi connectivity index (χ0) is 15.2. The van der Waals surface area contributed by atoms with Gasteiger partial charge in [-0.3, -0.25) is 4.99 Å². The van der Waals surface area contributed by atoms with Gasteiger partial charge in [0.2, 0.25) is 0 Å². The number of rotatable bonds is 4. The third kappa shape index (κ3) is 4.90. The summed E-state index contributed by atoms with van der Waals surface area (Å²) in [5, 5.41) is 4.26. The summed E-state index contributed by atoms with van der Waals surface area (Å²) in [6, 6.07) is 7.96. The van der Waals surface area contributed by atoms with Crippen LogP contribution in [0.4, 0.5) is 0 Å². The van der Waals surface area contributed by atoms with E-state index in [1.165, 1.54) is 25.1 Å². The van der Waals surface area contributed by atoms with Crippen LogP contribution in [0.1, 0.15) is 12.0 Å². The molecule has 0 aromatic heterocycles. The zero-order valence-corrected chi connectivity index (χ0v) is 13.9. The smallest absolute Gasteiger partial charge is 0.193 e. The quantitative estimate of drug-likeness (QED) is 0.684. The molecule has 1 N–H and O–H groups in total. The summed E-state index contributed by atoms with van der Waals surface area (Å²) in [5.41, 5.74) is 1.23. The molecular formula is C16H25ClN4. The lowest BCUT2D eigenvalue weighted by Gasteiger charge is -2.23. The van der Waals surface area contributed by atoms with Crippen LogP contribution in [0.2, 0.25) is 5.02 Å². The Kier molecular flexibility index (Phi) is 5.88. The van der Waals surface area contributed by atoms with Gasteiger partial charge in [0, 0.05) is 38.8 Å². The minimum atomic E-state index is 0.718. The van der Waals surface area contributed by atoms with E-state index in [1.54, 1.807) is 0 Å². The Morgan fingerprint density at radius 3 is 2.71 bits per heavy atom. The summed E-state index contributed by atoms with van der Waals surface area (Å²) in [4.78, 5) is 8.90. The molecule has 1 aliphatic heterocycles. The first kappa shape index (κ1) is 16.1. The average Bonchev–Trinajstić information content (AvgIpc) is 2.88. The predicted octanol–water partition coefficient (Wildman–Crippen LogP) is 2.30. The summed E-state index contributed by atoms with van der Waals surface area (Å²) in [7, 11) is 6.08. The molecule has 1 saturated heterocycles. The van der Waals surface area contributed by atoms with Gasteiger partial charge >= 0.3 is 0 Å². The van der Waals surface area contributed by atoms with Gasteiger partial charge in [-0.15, -0.1) is 0 Å². The highest BCUT2D eigenvalue weighted by Crippen LogP contribution is 2.13. The first-order valence-electron chi connectivity index (χ1n) is 7.43. The maximum Gasteiger partial charge on any atom is 0.193 e. The van der Waals surface area contributed by atoms with Crippen LogP contribution in [0.5, 0.6) is 0 Å². The highest BCUT2D eigenvalue weighted by Gasteiger charge is 2.19. The van der Waals surface area contributed by atoms with Crippen LogP contribution in [-0.4, -0.2) is 56.5 Å². The van der Waals surface area contributed by atoms with Crippen molar-refractivity contribution in [1.82, 2.24) is 15.1 Å². The number of nitrogens with zero attached hydrogens (tertiary/aromatic N) is 3. The second-order valence-electron chi connectivity index (χ2n) is 5.83. The number of hydrogen-bond donors (Lipinski definition) is 1. The van der Waals surface area contributed by atoms with E-state index in [0.717, 1.165) is 30.0 Å². The van der Waals surface area contributed by atoms with Crippen LogP contribution < -0.4 is 5.32 Å². The van der Waals surface area contributed by atoms with Crippen molar-refractivity contribution in [1.29, 1.82) is 0 Å². The van der Waals surface area contributed by atoms with Crippen LogP contribution in [0.15, 0.2) is 29.3 Å². The maximum absolute atomic E-state index is 5.92. The second-order valence-corrected chi connectivity index (χ2v) is 6.26. The van der Waals surface area contributed by atoms with Gasteiger partial charge in [0.1, 0.15) is 0 Å². The molecule has 1 heterocycles. The van der Waals surface area contributed by atoms with Gasteiger partial charge in [-0.2, -0.15) is 0 Å². The molecule has 5 heteroatoms. The van der Waals surface area contributed by atoms with Crippen molar-refractivity contribution in [2.24, 2.45) is 10.9 Å². The number of likely N-dealkylation sites (tertiary alicyclic amines) is 1. The summed E-state index contributed by atoms with van der Waals surface area (Å²) >= 11 is 5.92. The molecule has 0 radical (unpaired) electrons. The lowest BCUT2D eigenvalue weighted by Crippen LogP contribution is -2.41. The largest absolute Gasteiger partial charge is 0.356 e. The number of halogens is 1. The molecule has 1 aliphatic rings. The molecule has 0 amide bonds. The van der Waals surface area contributed by atoms with Crippen molar-refractivity contribution in [3.05, 3.63) is 34.9 Å². The second kappa shape index (κ2) is 7.66. The first-order chi connectivity index (χ1) is 10.1. The fraction of sp³-hybridized carbons (Fsp3) is 0.562. The Bertz CT molecular complexity index is 472. The van der Waals surface area contributed by atoms with E-state index in [0.29, 0.717) is 0 Å². The molecule has 1 atom stereocenters. The van der Waals surface area contributed by atoms with E-state index in [-0.39, 0.29) is 0 Å². The minimum absolute atomic E-state index is 0.718. The van der Waals surface area contributed by atoms with E-state index < -0.39 is 0 Å². The number of hydrogen-bond acceptors (Lipinski definition) is 2. The number of guanidine groups is 1. The van der Waals surface area contributed by atoms with Crippen molar-refractivity contribution < 1.29 is 0 Å². The zero-order valence-electron chi connectivity index (χ0n) is 13.1. The number of benzene rings is 1. The van der Waals surface area contributed by atoms with Gasteiger partial charge in [0.05, 0.1) is 0 Å². The highest BCUT2D eigenvalue weighted by molar-refractivity contribution is 6.30. The van der Waals surface area contributed by atoms with E-state index >= 15 is 0 Å². The normalized spacial score (nSPS) is 19.8. The Morgan fingerprint density at radius 2 is 2.14 bits per heavy atom. The van der Waals surface area contributed by atoms with Gasteiger partial charge in [-0.05, 0) is 43.6 Å². The van der Waals surface area contributed by atoms with Crippen LogP contribution in [0, 0.1) is 5.92 Å². The average molecular weight is 309 g/mol. The SMILES string of the molecule is CN=C(NCC1CCN(C)C1)N(C)Cc1ccc(Cl)cc1. The lowest BCUT2D eigenvalue weighted by atomic mass is 10.1. The van der Waals surface area contributed by atoms with Crippen LogP contribution in [0.3, 0.4) is 0 Å². The molecule has 2 rings (SSSR count). The molecule has 0 spiro atoms. The molecule has 116 valence electrons. The highest BCUT2D eigenvalue weighted by atomic mass is 35.5. The first-order valence-corrected chi connectivity index (χ1v) is 7.81. The Labute approximate surface area is 132 Å². The lowest BCUT2D eigenvalue weighted by molar-refractivity contribution is 0.390. The van der Waals surface area contributed by atoms with Crippen LogP contribution in [0.25, 0.3) is 0 Å². The summed E-state index contributed by atoms with van der Waals surface area (Å²) in [6.07, 6.45) is 1.27.